The molecule has 0 amide bonds. The van der Waals surface area contributed by atoms with E-state index in [1.165, 1.54) is 6.42 Å². The van der Waals surface area contributed by atoms with Crippen molar-refractivity contribution in [3.8, 4) is 0 Å². The lowest BCUT2D eigenvalue weighted by Gasteiger charge is -2.41. The third-order valence-corrected chi connectivity index (χ3v) is 4.28. The van der Waals surface area contributed by atoms with Crippen LogP contribution in [-0.4, -0.2) is 36.1 Å². The summed E-state index contributed by atoms with van der Waals surface area (Å²) >= 11 is 0. The molecule has 0 radical (unpaired) electrons. The largest absolute Gasteiger partial charge is 0.369 e. The highest BCUT2D eigenvalue weighted by Gasteiger charge is 2.66. The van der Waals surface area contributed by atoms with Gasteiger partial charge in [-0.25, -0.2) is 0 Å². The fourth-order valence-electron chi connectivity index (χ4n) is 3.60. The summed E-state index contributed by atoms with van der Waals surface area (Å²) in [5.74, 6) is 0. The molecule has 3 nitrogen and oxygen atoms in total. The van der Waals surface area contributed by atoms with Crippen molar-refractivity contribution in [3.63, 3.8) is 0 Å². The first-order chi connectivity index (χ1) is 6.77. The van der Waals surface area contributed by atoms with E-state index in [9.17, 15) is 0 Å². The molecule has 3 aliphatic heterocycles. The van der Waals surface area contributed by atoms with Gasteiger partial charge in [0.2, 0.25) is 0 Å². The number of hydrogen-bond donors (Lipinski definition) is 0. The zero-order valence-corrected chi connectivity index (χ0v) is 8.44. The van der Waals surface area contributed by atoms with Crippen molar-refractivity contribution in [1.29, 1.82) is 0 Å². The van der Waals surface area contributed by atoms with E-state index in [4.69, 9.17) is 14.2 Å². The maximum atomic E-state index is 6.16. The molecule has 78 valence electrons. The Bertz CT molecular complexity index is 270. The molecule has 0 aromatic heterocycles. The summed E-state index contributed by atoms with van der Waals surface area (Å²) in [6.07, 6.45) is 6.43. The van der Waals surface area contributed by atoms with Crippen LogP contribution in [0.1, 0.15) is 32.6 Å². The molecular formula is C11H16O3. The van der Waals surface area contributed by atoms with Gasteiger partial charge in [0.25, 0.3) is 0 Å². The first kappa shape index (κ1) is 8.08. The van der Waals surface area contributed by atoms with Gasteiger partial charge in [0.1, 0.15) is 6.10 Å². The Morgan fingerprint density at radius 3 is 2.71 bits per heavy atom. The second-order valence-electron chi connectivity index (χ2n) is 5.28. The van der Waals surface area contributed by atoms with E-state index in [0.29, 0.717) is 30.5 Å². The lowest BCUT2D eigenvalue weighted by Crippen LogP contribution is -2.49. The maximum absolute atomic E-state index is 6.16. The van der Waals surface area contributed by atoms with Gasteiger partial charge >= 0.3 is 0 Å². The molecular weight excluding hydrogens is 180 g/mol. The average molecular weight is 196 g/mol. The molecule has 0 aromatic rings. The molecule has 2 bridgehead atoms. The summed E-state index contributed by atoms with van der Waals surface area (Å²) in [6, 6.07) is 0. The number of rotatable bonds is 0. The van der Waals surface area contributed by atoms with Crippen molar-refractivity contribution in [2.24, 2.45) is 0 Å². The first-order valence-corrected chi connectivity index (χ1v) is 5.76. The summed E-state index contributed by atoms with van der Waals surface area (Å²) < 4.78 is 17.8. The summed E-state index contributed by atoms with van der Waals surface area (Å²) in [5, 5.41) is 0. The van der Waals surface area contributed by atoms with Crippen molar-refractivity contribution in [2.45, 2.75) is 68.7 Å². The smallest absolute Gasteiger partial charge is 0.110 e. The normalized spacial score (nSPS) is 64.5. The quantitative estimate of drug-likeness (QED) is 0.546. The lowest BCUT2D eigenvalue weighted by molar-refractivity contribution is -0.163. The zero-order valence-electron chi connectivity index (χ0n) is 8.44. The summed E-state index contributed by atoms with van der Waals surface area (Å²) in [7, 11) is 0. The van der Waals surface area contributed by atoms with Crippen LogP contribution < -0.4 is 0 Å². The van der Waals surface area contributed by atoms with E-state index in [0.717, 1.165) is 19.3 Å². The van der Waals surface area contributed by atoms with Gasteiger partial charge in [-0.3, -0.25) is 0 Å². The predicted octanol–water partition coefficient (Wildman–Crippen LogP) is 1.25. The molecule has 3 saturated heterocycles. The molecule has 1 aliphatic carbocycles. The van der Waals surface area contributed by atoms with Gasteiger partial charge in [0, 0.05) is 12.8 Å². The fourth-order valence-corrected chi connectivity index (χ4v) is 3.60. The van der Waals surface area contributed by atoms with Gasteiger partial charge in [-0.1, -0.05) is 0 Å². The fraction of sp³-hybridized carbons (Fsp3) is 1.00. The summed E-state index contributed by atoms with van der Waals surface area (Å²) in [4.78, 5) is 0. The number of hydrogen-bond acceptors (Lipinski definition) is 3. The Morgan fingerprint density at radius 1 is 1.07 bits per heavy atom. The molecule has 1 saturated carbocycles. The molecule has 1 spiro atoms. The highest BCUT2D eigenvalue weighted by molar-refractivity contribution is 5.14. The van der Waals surface area contributed by atoms with Gasteiger partial charge in [0.15, 0.2) is 0 Å². The van der Waals surface area contributed by atoms with Crippen LogP contribution in [0.25, 0.3) is 0 Å². The third kappa shape index (κ3) is 0.884. The van der Waals surface area contributed by atoms with Crippen LogP contribution in [-0.2, 0) is 14.2 Å². The second kappa shape index (κ2) is 2.34. The van der Waals surface area contributed by atoms with Crippen LogP contribution in [0.2, 0.25) is 0 Å². The number of fused-ring (bicyclic) bond motifs is 3. The van der Waals surface area contributed by atoms with E-state index in [1.807, 2.05) is 0 Å². The Balaban J connectivity index is 1.69. The Kier molecular flexibility index (Phi) is 1.35. The Hall–Kier alpha value is -0.120. The molecule has 4 rings (SSSR count). The molecule has 1 unspecified atom stereocenters. The standard InChI is InChI=1S/C11H16O3/c1-6-2-3-9-11(14-6)4-7(12-9)10-8(5-11)13-10/h6-10H,2-5H2,1H3/t6-,7+,8?,9-,10-,11+/m0/s1. The Morgan fingerprint density at radius 2 is 1.86 bits per heavy atom. The second-order valence-corrected chi connectivity index (χ2v) is 5.28. The zero-order chi connectivity index (χ0) is 9.34. The molecule has 14 heavy (non-hydrogen) atoms. The number of ether oxygens (including phenoxy) is 3. The van der Waals surface area contributed by atoms with E-state index in [2.05, 4.69) is 6.92 Å². The van der Waals surface area contributed by atoms with E-state index in [1.54, 1.807) is 0 Å². The first-order valence-electron chi connectivity index (χ1n) is 5.76. The van der Waals surface area contributed by atoms with Crippen molar-refractivity contribution >= 4 is 0 Å². The summed E-state index contributed by atoms with van der Waals surface area (Å²) in [6.45, 7) is 2.18. The van der Waals surface area contributed by atoms with Crippen LogP contribution in [0.3, 0.4) is 0 Å². The van der Waals surface area contributed by atoms with Gasteiger partial charge in [-0.15, -0.1) is 0 Å². The van der Waals surface area contributed by atoms with Crippen molar-refractivity contribution in [3.05, 3.63) is 0 Å². The molecule has 3 heteroatoms. The minimum atomic E-state index is 0.0278. The third-order valence-electron chi connectivity index (χ3n) is 4.28. The van der Waals surface area contributed by atoms with E-state index < -0.39 is 0 Å². The van der Waals surface area contributed by atoms with E-state index >= 15 is 0 Å². The SMILES string of the molecule is C[C@H]1CC[C@@H]2O[C@@H]3C[C@]2(CC2O[C@H]23)O1. The molecule has 3 heterocycles. The van der Waals surface area contributed by atoms with Crippen LogP contribution in [0.4, 0.5) is 0 Å². The van der Waals surface area contributed by atoms with Gasteiger partial charge < -0.3 is 14.2 Å². The van der Waals surface area contributed by atoms with Crippen molar-refractivity contribution < 1.29 is 14.2 Å². The maximum Gasteiger partial charge on any atom is 0.110 e. The minimum absolute atomic E-state index is 0.0278. The minimum Gasteiger partial charge on any atom is -0.369 e. The molecule has 0 N–H and O–H groups in total. The van der Waals surface area contributed by atoms with E-state index in [-0.39, 0.29) is 5.60 Å². The molecule has 0 aromatic carbocycles. The molecule has 4 fully saturated rings. The molecule has 4 aliphatic rings. The van der Waals surface area contributed by atoms with Crippen LogP contribution in [0.15, 0.2) is 0 Å². The lowest BCUT2D eigenvalue weighted by atomic mass is 9.79. The Labute approximate surface area is 83.7 Å². The van der Waals surface area contributed by atoms with Gasteiger partial charge in [0.05, 0.1) is 30.0 Å². The van der Waals surface area contributed by atoms with Crippen molar-refractivity contribution in [2.75, 3.05) is 0 Å². The highest BCUT2D eigenvalue weighted by Crippen LogP contribution is 2.55. The van der Waals surface area contributed by atoms with Crippen molar-refractivity contribution in [1.82, 2.24) is 0 Å². The van der Waals surface area contributed by atoms with Gasteiger partial charge in [-0.2, -0.15) is 0 Å². The average Bonchev–Trinajstić information content (AvgIpc) is 2.81. The molecule has 6 atom stereocenters. The highest BCUT2D eigenvalue weighted by atomic mass is 16.6. The number of epoxide rings is 1. The van der Waals surface area contributed by atoms with Gasteiger partial charge in [-0.05, 0) is 19.8 Å². The predicted molar refractivity (Wildman–Crippen MR) is 49.1 cm³/mol. The summed E-state index contributed by atoms with van der Waals surface area (Å²) in [5.41, 5.74) is 0.0278. The van der Waals surface area contributed by atoms with Crippen LogP contribution in [0.5, 0.6) is 0 Å². The topological polar surface area (TPSA) is 31.0 Å². The monoisotopic (exact) mass is 196 g/mol. The van der Waals surface area contributed by atoms with Crippen LogP contribution >= 0.6 is 0 Å². The van der Waals surface area contributed by atoms with Crippen LogP contribution in [0, 0.1) is 0 Å².